The molecule has 1 aromatic heterocycles. The van der Waals surface area contributed by atoms with Crippen LogP contribution in [0.25, 0.3) is 0 Å². The molecule has 4 nitrogen and oxygen atoms in total. The van der Waals surface area contributed by atoms with Crippen LogP contribution < -0.4 is 5.32 Å². The van der Waals surface area contributed by atoms with Crippen molar-refractivity contribution >= 4 is 5.95 Å². The zero-order valence-electron chi connectivity index (χ0n) is 11.8. The third-order valence-electron chi connectivity index (χ3n) is 4.16. The first-order valence-corrected chi connectivity index (χ1v) is 7.74. The van der Waals surface area contributed by atoms with Crippen LogP contribution in [0.5, 0.6) is 0 Å². The lowest BCUT2D eigenvalue weighted by molar-refractivity contribution is 0.142. The Labute approximate surface area is 115 Å². The lowest BCUT2D eigenvalue weighted by Gasteiger charge is -2.19. The van der Waals surface area contributed by atoms with Gasteiger partial charge in [-0.3, -0.25) is 0 Å². The Morgan fingerprint density at radius 2 is 2.11 bits per heavy atom. The van der Waals surface area contributed by atoms with Gasteiger partial charge in [-0.1, -0.05) is 0 Å². The summed E-state index contributed by atoms with van der Waals surface area (Å²) < 4.78 is 7.63. The van der Waals surface area contributed by atoms with Gasteiger partial charge in [0, 0.05) is 38.2 Å². The molecule has 0 saturated heterocycles. The minimum Gasteiger partial charge on any atom is -0.382 e. The van der Waals surface area contributed by atoms with Crippen molar-refractivity contribution < 1.29 is 4.74 Å². The lowest BCUT2D eigenvalue weighted by atomic mass is 10.1. The molecule has 4 heteroatoms. The maximum absolute atomic E-state index is 5.40. The van der Waals surface area contributed by atoms with Crippen molar-refractivity contribution in [1.29, 1.82) is 0 Å². The Kier molecular flexibility index (Phi) is 4.06. The highest BCUT2D eigenvalue weighted by Crippen LogP contribution is 2.45. The highest BCUT2D eigenvalue weighted by atomic mass is 16.5. The van der Waals surface area contributed by atoms with Crippen LogP contribution in [-0.2, 0) is 11.3 Å². The summed E-state index contributed by atoms with van der Waals surface area (Å²) in [5.74, 6) is 2.86. The Balaban J connectivity index is 1.53. The van der Waals surface area contributed by atoms with Gasteiger partial charge in [-0.15, -0.1) is 0 Å². The smallest absolute Gasteiger partial charge is 0.203 e. The molecule has 1 aromatic rings. The van der Waals surface area contributed by atoms with Crippen LogP contribution >= 0.6 is 0 Å². The lowest BCUT2D eigenvalue weighted by Crippen LogP contribution is -2.26. The number of hydrogen-bond acceptors (Lipinski definition) is 3. The number of nitrogens with one attached hydrogen (secondary N) is 1. The third-order valence-corrected chi connectivity index (χ3v) is 4.16. The van der Waals surface area contributed by atoms with Crippen LogP contribution in [0, 0.1) is 11.8 Å². The average Bonchev–Trinajstić information content (AvgIpc) is 3.32. The predicted molar refractivity (Wildman–Crippen MR) is 76.2 cm³/mol. The quantitative estimate of drug-likeness (QED) is 0.696. The van der Waals surface area contributed by atoms with Crippen molar-refractivity contribution in [2.24, 2.45) is 11.8 Å². The number of aryl methyl sites for hydroxylation is 1. The van der Waals surface area contributed by atoms with Gasteiger partial charge in [-0.05, 0) is 50.9 Å². The zero-order valence-corrected chi connectivity index (χ0v) is 11.8. The summed E-state index contributed by atoms with van der Waals surface area (Å²) in [6.45, 7) is 4.67. The SMILES string of the molecule is CCOCCCn1ccnc1NC(C1CC1)C1CC1. The fraction of sp³-hybridized carbons (Fsp3) is 0.800. The molecular formula is C15H25N3O. The predicted octanol–water partition coefficient (Wildman–Crippen LogP) is 2.91. The van der Waals surface area contributed by atoms with Gasteiger partial charge in [-0.2, -0.15) is 0 Å². The number of nitrogens with zero attached hydrogens (tertiary/aromatic N) is 2. The van der Waals surface area contributed by atoms with Gasteiger partial charge in [0.15, 0.2) is 0 Å². The number of rotatable bonds is 9. The second-order valence-corrected chi connectivity index (χ2v) is 5.84. The van der Waals surface area contributed by atoms with E-state index in [-0.39, 0.29) is 0 Å². The number of aromatic nitrogens is 2. The minimum atomic E-state index is 0.674. The fourth-order valence-corrected chi connectivity index (χ4v) is 2.79. The number of anilines is 1. The van der Waals surface area contributed by atoms with E-state index < -0.39 is 0 Å². The van der Waals surface area contributed by atoms with Crippen LogP contribution in [0.15, 0.2) is 12.4 Å². The minimum absolute atomic E-state index is 0.674. The Morgan fingerprint density at radius 3 is 2.74 bits per heavy atom. The molecule has 1 heterocycles. The van der Waals surface area contributed by atoms with Crippen molar-refractivity contribution in [1.82, 2.24) is 9.55 Å². The van der Waals surface area contributed by atoms with Crippen molar-refractivity contribution in [2.45, 2.75) is 51.6 Å². The van der Waals surface area contributed by atoms with Crippen LogP contribution in [0.2, 0.25) is 0 Å². The number of ether oxygens (including phenoxy) is 1. The molecule has 19 heavy (non-hydrogen) atoms. The van der Waals surface area contributed by atoms with Gasteiger partial charge in [0.25, 0.3) is 0 Å². The maximum Gasteiger partial charge on any atom is 0.203 e. The molecule has 106 valence electrons. The van der Waals surface area contributed by atoms with E-state index in [0.717, 1.165) is 44.0 Å². The van der Waals surface area contributed by atoms with Gasteiger partial charge in [0.2, 0.25) is 5.95 Å². The van der Waals surface area contributed by atoms with Crippen LogP contribution in [-0.4, -0.2) is 28.8 Å². The molecule has 0 atom stereocenters. The van der Waals surface area contributed by atoms with Gasteiger partial charge in [-0.25, -0.2) is 4.98 Å². The molecule has 2 aliphatic rings. The highest BCUT2D eigenvalue weighted by molar-refractivity contribution is 5.30. The Morgan fingerprint density at radius 1 is 1.37 bits per heavy atom. The van der Waals surface area contributed by atoms with Gasteiger partial charge >= 0.3 is 0 Å². The summed E-state index contributed by atoms with van der Waals surface area (Å²) in [6.07, 6.45) is 10.6. The van der Waals surface area contributed by atoms with Crippen molar-refractivity contribution in [2.75, 3.05) is 18.5 Å². The average molecular weight is 263 g/mol. The first-order chi connectivity index (χ1) is 9.38. The van der Waals surface area contributed by atoms with E-state index >= 15 is 0 Å². The summed E-state index contributed by atoms with van der Waals surface area (Å²) in [7, 11) is 0. The standard InChI is InChI=1S/C15H25N3O/c1-2-19-11-3-9-18-10-8-16-15(18)17-14(12-4-5-12)13-6-7-13/h8,10,12-14H,2-7,9,11H2,1H3,(H,16,17). The molecule has 0 aromatic carbocycles. The van der Waals surface area contributed by atoms with E-state index in [1.807, 2.05) is 13.1 Å². The summed E-state index contributed by atoms with van der Waals surface area (Å²) in [5.41, 5.74) is 0. The van der Waals surface area contributed by atoms with Crippen LogP contribution in [0.3, 0.4) is 0 Å². The molecule has 0 spiro atoms. The molecular weight excluding hydrogens is 238 g/mol. The summed E-state index contributed by atoms with van der Waals surface area (Å²) in [6, 6.07) is 0.674. The number of hydrogen-bond donors (Lipinski definition) is 1. The normalized spacial score (nSPS) is 19.1. The van der Waals surface area contributed by atoms with E-state index in [9.17, 15) is 0 Å². The molecule has 2 aliphatic carbocycles. The zero-order chi connectivity index (χ0) is 13.1. The molecule has 1 N–H and O–H groups in total. The molecule has 2 fully saturated rings. The monoisotopic (exact) mass is 263 g/mol. The Hall–Kier alpha value is -1.03. The van der Waals surface area contributed by atoms with Crippen molar-refractivity contribution in [3.63, 3.8) is 0 Å². The van der Waals surface area contributed by atoms with Crippen LogP contribution in [0.1, 0.15) is 39.0 Å². The Bertz CT molecular complexity index is 384. The second kappa shape index (κ2) is 5.95. The van der Waals surface area contributed by atoms with Gasteiger partial charge < -0.3 is 14.6 Å². The van der Waals surface area contributed by atoms with E-state index in [2.05, 4.69) is 21.1 Å². The first kappa shape index (κ1) is 13.0. The number of imidazole rings is 1. The highest BCUT2D eigenvalue weighted by Gasteiger charge is 2.41. The molecule has 0 unspecified atom stereocenters. The van der Waals surface area contributed by atoms with Crippen LogP contribution in [0.4, 0.5) is 5.95 Å². The molecule has 0 amide bonds. The van der Waals surface area contributed by atoms with E-state index in [4.69, 9.17) is 4.74 Å². The molecule has 2 saturated carbocycles. The summed E-state index contributed by atoms with van der Waals surface area (Å²) >= 11 is 0. The van der Waals surface area contributed by atoms with Crippen molar-refractivity contribution in [3.8, 4) is 0 Å². The van der Waals surface area contributed by atoms with Gasteiger partial charge in [0.1, 0.15) is 0 Å². The molecule has 0 radical (unpaired) electrons. The first-order valence-electron chi connectivity index (χ1n) is 7.74. The maximum atomic E-state index is 5.40. The summed E-state index contributed by atoms with van der Waals surface area (Å²) in [5, 5.41) is 3.70. The largest absolute Gasteiger partial charge is 0.382 e. The second-order valence-electron chi connectivity index (χ2n) is 5.84. The molecule has 0 bridgehead atoms. The third kappa shape index (κ3) is 3.50. The topological polar surface area (TPSA) is 39.1 Å². The van der Waals surface area contributed by atoms with Crippen molar-refractivity contribution in [3.05, 3.63) is 12.4 Å². The molecule has 3 rings (SSSR count). The summed E-state index contributed by atoms with van der Waals surface area (Å²) in [4.78, 5) is 4.49. The van der Waals surface area contributed by atoms with Gasteiger partial charge in [0.05, 0.1) is 0 Å². The molecule has 0 aliphatic heterocycles. The van der Waals surface area contributed by atoms with E-state index in [1.54, 1.807) is 0 Å². The van der Waals surface area contributed by atoms with E-state index in [0.29, 0.717) is 6.04 Å². The fourth-order valence-electron chi connectivity index (χ4n) is 2.79. The van der Waals surface area contributed by atoms with E-state index in [1.165, 1.54) is 25.7 Å².